The topological polar surface area (TPSA) is 142 Å². The molecule has 0 aliphatic rings. The number of hydrogen-bond acceptors (Lipinski definition) is 7. The summed E-state index contributed by atoms with van der Waals surface area (Å²) in [5.74, 6) is -2.60. The third kappa shape index (κ3) is 5.02. The van der Waals surface area contributed by atoms with E-state index < -0.39 is 32.3 Å². The van der Waals surface area contributed by atoms with Crippen LogP contribution in [0.25, 0.3) is 10.8 Å². The minimum Gasteiger partial charge on any atom is -0.871 e. The molecule has 0 saturated carbocycles. The Balaban J connectivity index is 0.00000320. The van der Waals surface area contributed by atoms with Crippen LogP contribution in [0.1, 0.15) is 22.8 Å². The van der Waals surface area contributed by atoms with Gasteiger partial charge >= 0.3 is 45.5 Å². The van der Waals surface area contributed by atoms with Crippen LogP contribution in [0, 0.1) is 0 Å². The van der Waals surface area contributed by atoms with Crippen LogP contribution in [-0.4, -0.2) is 64.4 Å². The molecule has 0 atom stereocenters. The molecule has 0 fully saturated rings. The van der Waals surface area contributed by atoms with Gasteiger partial charge in [0.05, 0.1) is 11.7 Å². The first kappa shape index (κ1) is 24.7. The number of nitrogens with zero attached hydrogens (tertiary/aromatic N) is 2. The summed E-state index contributed by atoms with van der Waals surface area (Å²) < 4.78 is 32.8. The molecule has 0 aliphatic carbocycles. The molecular weight excluding hydrogens is 507 g/mol. The molecule has 11 heteroatoms. The van der Waals surface area contributed by atoms with Crippen LogP contribution in [0.4, 0.5) is 11.4 Å². The van der Waals surface area contributed by atoms with Crippen molar-refractivity contribution in [2.45, 2.75) is 18.2 Å². The Morgan fingerprint density at radius 2 is 1.83 bits per heavy atom. The number of hydrogen-bond donors (Lipinski definition) is 1. The third-order valence-corrected chi connectivity index (χ3v) is 5.47. The van der Waals surface area contributed by atoms with Gasteiger partial charge in [-0.1, -0.05) is 48.5 Å². The minimum absolute atomic E-state index is 0. The van der Waals surface area contributed by atoms with Crippen LogP contribution in [0.2, 0.25) is 5.02 Å². The minimum atomic E-state index is -4.68. The van der Waals surface area contributed by atoms with Gasteiger partial charge in [0.15, 0.2) is 0 Å². The van der Waals surface area contributed by atoms with Crippen LogP contribution in [0.15, 0.2) is 57.6 Å². The van der Waals surface area contributed by atoms with Gasteiger partial charge in [-0.3, -0.25) is 4.55 Å². The van der Waals surface area contributed by atoms with Gasteiger partial charge in [-0.25, -0.2) is 0 Å². The predicted octanol–water partition coefficient (Wildman–Crippen LogP) is 2.77. The molecule has 0 radical (unpaired) electrons. The first-order chi connectivity index (χ1) is 13.6. The maximum absolute atomic E-state index is 12.5. The second-order valence-electron chi connectivity index (χ2n) is 6.05. The van der Waals surface area contributed by atoms with Gasteiger partial charge in [-0.05, 0) is 41.1 Å². The summed E-state index contributed by atoms with van der Waals surface area (Å²) in [4.78, 5) is 10.7. The summed E-state index contributed by atoms with van der Waals surface area (Å²) in [5, 5.41) is 32.3. The molecule has 8 nitrogen and oxygen atoms in total. The zero-order chi connectivity index (χ0) is 21.3. The fourth-order valence-corrected chi connectivity index (χ4v) is 3.80. The fraction of sp³-hybridized carbons (Fsp3) is 0.105. The van der Waals surface area contributed by atoms with Gasteiger partial charge in [0.1, 0.15) is 10.6 Å². The summed E-state index contributed by atoms with van der Waals surface area (Å²) in [5.41, 5.74) is -0.589. The Labute approximate surface area is 214 Å². The first-order valence-electron chi connectivity index (χ1n) is 8.29. The Bertz CT molecular complexity index is 1280. The van der Waals surface area contributed by atoms with E-state index in [2.05, 4.69) is 10.2 Å². The standard InChI is InChI=1S/C19H15ClN2O6S.Sr/c1-2-10-8-15(16(9-14(10)20)29(26,27)28)21-22-17-12-6-4-3-5-11(12)7-13(18(17)23)19(24)25;/h3-9,23H,2H2,1H3,(H,24,25)(H,26,27,28);/q;+2/p-2. The Kier molecular flexibility index (Phi) is 8.03. The molecule has 0 unspecified atom stereocenters. The van der Waals surface area contributed by atoms with E-state index in [0.717, 1.165) is 6.07 Å². The van der Waals surface area contributed by atoms with Gasteiger partial charge in [-0.15, -0.1) is 5.11 Å². The summed E-state index contributed by atoms with van der Waals surface area (Å²) in [6.45, 7) is 1.78. The summed E-state index contributed by atoms with van der Waals surface area (Å²) >= 11 is 6.01. The summed E-state index contributed by atoms with van der Waals surface area (Å²) in [6.07, 6.45) is 0.447. The van der Waals surface area contributed by atoms with E-state index in [1.54, 1.807) is 31.2 Å². The van der Waals surface area contributed by atoms with Crippen molar-refractivity contribution < 1.29 is 28.0 Å². The quantitative estimate of drug-likeness (QED) is 0.311. The zero-order valence-electron chi connectivity index (χ0n) is 15.6. The van der Waals surface area contributed by atoms with Crippen molar-refractivity contribution in [2.24, 2.45) is 10.2 Å². The van der Waals surface area contributed by atoms with Crippen LogP contribution >= 0.6 is 11.6 Å². The smallest absolute Gasteiger partial charge is 0.871 e. The molecule has 0 aliphatic heterocycles. The molecule has 3 aromatic carbocycles. The average Bonchev–Trinajstić information content (AvgIpc) is 2.66. The molecule has 3 aromatic rings. The summed E-state index contributed by atoms with van der Waals surface area (Å²) in [6, 6.07) is 9.94. The van der Waals surface area contributed by atoms with Gasteiger partial charge in [0, 0.05) is 10.4 Å². The number of halogens is 1. The van der Waals surface area contributed by atoms with E-state index >= 15 is 0 Å². The predicted molar refractivity (Wildman–Crippen MR) is 108 cm³/mol. The Hall–Kier alpha value is -1.53. The van der Waals surface area contributed by atoms with E-state index in [9.17, 15) is 28.0 Å². The SMILES string of the molecule is CCc1cc(N=Nc2c([O-])c(C(=O)[O-])cc3ccccc23)c(S(=O)(=O)O)cc1Cl.[Sr+2]. The molecular formula is C19H13ClN2O6SSr. The van der Waals surface area contributed by atoms with Crippen LogP contribution in [0.3, 0.4) is 0 Å². The second kappa shape index (κ2) is 9.73. The van der Waals surface area contributed by atoms with Crippen molar-refractivity contribution in [2.75, 3.05) is 0 Å². The monoisotopic (exact) mass is 520 g/mol. The number of benzene rings is 3. The molecule has 150 valence electrons. The van der Waals surface area contributed by atoms with Gasteiger partial charge in [-0.2, -0.15) is 13.5 Å². The Morgan fingerprint density at radius 1 is 1.17 bits per heavy atom. The normalized spacial score (nSPS) is 11.6. The molecule has 0 bridgehead atoms. The van der Waals surface area contributed by atoms with Crippen molar-refractivity contribution in [1.82, 2.24) is 0 Å². The number of carbonyl (C=O) groups excluding carboxylic acids is 1. The maximum Gasteiger partial charge on any atom is 2.00 e. The third-order valence-electron chi connectivity index (χ3n) is 4.24. The molecule has 3 rings (SSSR count). The fourth-order valence-electron chi connectivity index (χ4n) is 2.81. The van der Waals surface area contributed by atoms with E-state index in [1.807, 2.05) is 0 Å². The van der Waals surface area contributed by atoms with Crippen molar-refractivity contribution in [3.63, 3.8) is 0 Å². The molecule has 30 heavy (non-hydrogen) atoms. The molecule has 1 N–H and O–H groups in total. The molecule has 0 saturated heterocycles. The second-order valence-corrected chi connectivity index (χ2v) is 7.85. The number of fused-ring (bicyclic) bond motifs is 1. The number of carboxylic acid groups (broad SMARTS) is 1. The molecule has 0 aromatic heterocycles. The van der Waals surface area contributed by atoms with Crippen LogP contribution in [0.5, 0.6) is 5.75 Å². The van der Waals surface area contributed by atoms with Crippen LogP contribution in [-0.2, 0) is 16.5 Å². The number of aryl methyl sites for hydroxylation is 1. The van der Waals surface area contributed by atoms with Gasteiger partial charge in [0.25, 0.3) is 10.1 Å². The first-order valence-corrected chi connectivity index (χ1v) is 10.1. The zero-order valence-corrected chi connectivity index (χ0v) is 20.7. The van der Waals surface area contributed by atoms with Crippen molar-refractivity contribution >= 4 is 95.3 Å². The van der Waals surface area contributed by atoms with E-state index in [1.165, 1.54) is 12.1 Å². The number of carbonyl (C=O) groups is 1. The molecule has 0 heterocycles. The van der Waals surface area contributed by atoms with E-state index in [0.29, 0.717) is 22.8 Å². The average molecular weight is 520 g/mol. The molecule has 0 spiro atoms. The van der Waals surface area contributed by atoms with E-state index in [4.69, 9.17) is 11.6 Å². The van der Waals surface area contributed by atoms with E-state index in [-0.39, 0.29) is 61.9 Å². The number of rotatable bonds is 5. The number of carboxylic acids is 1. The number of azo groups is 1. The van der Waals surface area contributed by atoms with Gasteiger partial charge < -0.3 is 15.0 Å². The largest absolute Gasteiger partial charge is 2.00 e. The molecule has 0 amide bonds. The van der Waals surface area contributed by atoms with Crippen molar-refractivity contribution in [3.05, 3.63) is 58.6 Å². The maximum atomic E-state index is 12.5. The van der Waals surface area contributed by atoms with Crippen LogP contribution < -0.4 is 10.2 Å². The number of aromatic carboxylic acids is 1. The Morgan fingerprint density at radius 3 is 2.43 bits per heavy atom. The van der Waals surface area contributed by atoms with Gasteiger partial charge in [0.2, 0.25) is 0 Å². The summed E-state index contributed by atoms with van der Waals surface area (Å²) in [7, 11) is -4.68. The van der Waals surface area contributed by atoms with Crippen molar-refractivity contribution in [3.8, 4) is 5.75 Å². The van der Waals surface area contributed by atoms with Crippen molar-refractivity contribution in [1.29, 1.82) is 0 Å².